The number of rotatable bonds is 7. The monoisotopic (exact) mass is 349 g/mol. The van der Waals surface area contributed by atoms with Crippen molar-refractivity contribution in [3.63, 3.8) is 0 Å². The van der Waals surface area contributed by atoms with Crippen molar-refractivity contribution < 1.29 is 9.13 Å². The van der Waals surface area contributed by atoms with Gasteiger partial charge in [0.05, 0.1) is 6.04 Å². The highest BCUT2D eigenvalue weighted by molar-refractivity contribution is 5.80. The van der Waals surface area contributed by atoms with E-state index in [0.717, 1.165) is 31.1 Å². The van der Waals surface area contributed by atoms with Gasteiger partial charge in [-0.25, -0.2) is 4.39 Å². The number of halogens is 1. The maximum absolute atomic E-state index is 13.8. The number of hydrogen-bond donors (Lipinski definition) is 2. The predicted octanol–water partition coefficient (Wildman–Crippen LogP) is 3.96. The summed E-state index contributed by atoms with van der Waals surface area (Å²) < 4.78 is 19.1. The minimum absolute atomic E-state index is 0.0141. The van der Waals surface area contributed by atoms with E-state index in [2.05, 4.69) is 15.6 Å². The lowest BCUT2D eigenvalue weighted by Crippen LogP contribution is -2.44. The third kappa shape index (κ3) is 5.43. The number of nitrogens with one attached hydrogen (secondary N) is 2. The van der Waals surface area contributed by atoms with Crippen molar-refractivity contribution in [2.24, 2.45) is 10.4 Å². The molecule has 0 spiro atoms. The number of ether oxygens (including phenoxy) is 1. The van der Waals surface area contributed by atoms with Gasteiger partial charge in [-0.2, -0.15) is 0 Å². The van der Waals surface area contributed by atoms with Crippen LogP contribution in [-0.4, -0.2) is 33.3 Å². The minimum atomic E-state index is -0.168. The molecule has 0 aliphatic heterocycles. The molecular formula is C20H32FN3O. The molecule has 2 rings (SSSR count). The van der Waals surface area contributed by atoms with Gasteiger partial charge in [0.15, 0.2) is 5.96 Å². The van der Waals surface area contributed by atoms with E-state index in [1.807, 2.05) is 19.1 Å². The average Bonchev–Trinajstić information content (AvgIpc) is 3.08. The molecule has 0 bridgehead atoms. The van der Waals surface area contributed by atoms with Gasteiger partial charge in [0, 0.05) is 27.3 Å². The molecule has 1 unspecified atom stereocenters. The second-order valence-corrected chi connectivity index (χ2v) is 7.25. The number of methoxy groups -OCH3 is 1. The van der Waals surface area contributed by atoms with Crippen molar-refractivity contribution in [3.8, 4) is 0 Å². The van der Waals surface area contributed by atoms with Crippen molar-refractivity contribution in [1.29, 1.82) is 0 Å². The number of aryl methyl sites for hydroxylation is 1. The molecule has 1 aliphatic rings. The van der Waals surface area contributed by atoms with E-state index in [1.54, 1.807) is 27.1 Å². The van der Waals surface area contributed by atoms with E-state index >= 15 is 0 Å². The van der Waals surface area contributed by atoms with Crippen molar-refractivity contribution >= 4 is 5.96 Å². The van der Waals surface area contributed by atoms with Gasteiger partial charge < -0.3 is 15.4 Å². The first-order chi connectivity index (χ1) is 12.0. The van der Waals surface area contributed by atoms with Crippen LogP contribution < -0.4 is 10.6 Å². The Hall–Kier alpha value is -1.62. The van der Waals surface area contributed by atoms with Crippen molar-refractivity contribution in [1.82, 2.24) is 10.6 Å². The van der Waals surface area contributed by atoms with Crippen LogP contribution in [0.3, 0.4) is 0 Å². The molecule has 0 saturated heterocycles. The SMILES string of the molecule is CN=C(NCC1(CCOC)CCCC1)NC(C)c1ccc(C)c(F)c1. The Labute approximate surface area is 151 Å². The lowest BCUT2D eigenvalue weighted by molar-refractivity contribution is 0.138. The Morgan fingerprint density at radius 2 is 2.08 bits per heavy atom. The highest BCUT2D eigenvalue weighted by atomic mass is 19.1. The van der Waals surface area contributed by atoms with Gasteiger partial charge in [-0.3, -0.25) is 4.99 Å². The van der Waals surface area contributed by atoms with E-state index in [4.69, 9.17) is 4.74 Å². The molecule has 1 aliphatic carbocycles. The molecule has 1 aromatic carbocycles. The number of nitrogens with zero attached hydrogens (tertiary/aromatic N) is 1. The molecule has 2 N–H and O–H groups in total. The van der Waals surface area contributed by atoms with Gasteiger partial charge in [0.1, 0.15) is 5.82 Å². The van der Waals surface area contributed by atoms with E-state index in [9.17, 15) is 4.39 Å². The molecule has 1 fully saturated rings. The Morgan fingerprint density at radius 1 is 1.36 bits per heavy atom. The summed E-state index contributed by atoms with van der Waals surface area (Å²) in [6.07, 6.45) is 6.12. The summed E-state index contributed by atoms with van der Waals surface area (Å²) in [6, 6.07) is 5.36. The van der Waals surface area contributed by atoms with Crippen LogP contribution in [0.5, 0.6) is 0 Å². The molecule has 0 aromatic heterocycles. The second kappa shape index (κ2) is 9.18. The lowest BCUT2D eigenvalue weighted by Gasteiger charge is -2.30. The fourth-order valence-electron chi connectivity index (χ4n) is 3.59. The number of aliphatic imine (C=N–C) groups is 1. The van der Waals surface area contributed by atoms with Crippen LogP contribution in [0.1, 0.15) is 56.2 Å². The third-order valence-corrected chi connectivity index (χ3v) is 5.40. The van der Waals surface area contributed by atoms with Gasteiger partial charge >= 0.3 is 0 Å². The molecule has 0 amide bonds. The standard InChI is InChI=1S/C20H32FN3O/c1-15-7-8-17(13-18(15)21)16(2)24-19(22-3)23-14-20(11-12-25-4)9-5-6-10-20/h7-8,13,16H,5-6,9-12,14H2,1-4H3,(H2,22,23,24). The summed E-state index contributed by atoms with van der Waals surface area (Å²) in [6.45, 7) is 5.49. The van der Waals surface area contributed by atoms with E-state index < -0.39 is 0 Å². The van der Waals surface area contributed by atoms with Crippen LogP contribution in [0, 0.1) is 18.2 Å². The first-order valence-corrected chi connectivity index (χ1v) is 9.22. The normalized spacial score (nSPS) is 18.2. The molecule has 1 aromatic rings. The predicted molar refractivity (Wildman–Crippen MR) is 101 cm³/mol. The molecule has 0 heterocycles. The van der Waals surface area contributed by atoms with Gasteiger partial charge in [-0.05, 0) is 55.7 Å². The van der Waals surface area contributed by atoms with Gasteiger partial charge in [0.2, 0.25) is 0 Å². The zero-order chi connectivity index (χ0) is 18.3. The third-order valence-electron chi connectivity index (χ3n) is 5.40. The summed E-state index contributed by atoms with van der Waals surface area (Å²) in [4.78, 5) is 4.34. The molecule has 4 nitrogen and oxygen atoms in total. The summed E-state index contributed by atoms with van der Waals surface area (Å²) >= 11 is 0. The minimum Gasteiger partial charge on any atom is -0.385 e. The number of hydrogen-bond acceptors (Lipinski definition) is 2. The largest absolute Gasteiger partial charge is 0.385 e. The van der Waals surface area contributed by atoms with Crippen LogP contribution >= 0.6 is 0 Å². The fraction of sp³-hybridized carbons (Fsp3) is 0.650. The number of benzene rings is 1. The maximum Gasteiger partial charge on any atom is 0.191 e. The van der Waals surface area contributed by atoms with Crippen LogP contribution in [0.4, 0.5) is 4.39 Å². The summed E-state index contributed by atoms with van der Waals surface area (Å²) in [5, 5.41) is 6.85. The first-order valence-electron chi connectivity index (χ1n) is 9.22. The van der Waals surface area contributed by atoms with Gasteiger partial charge in [-0.15, -0.1) is 0 Å². The van der Waals surface area contributed by atoms with Crippen molar-refractivity contribution in [2.45, 2.75) is 52.0 Å². The second-order valence-electron chi connectivity index (χ2n) is 7.25. The highest BCUT2D eigenvalue weighted by Crippen LogP contribution is 2.40. The zero-order valence-electron chi connectivity index (χ0n) is 16.0. The quantitative estimate of drug-likeness (QED) is 0.579. The maximum atomic E-state index is 13.8. The molecule has 0 radical (unpaired) electrons. The molecule has 140 valence electrons. The molecule has 25 heavy (non-hydrogen) atoms. The fourth-order valence-corrected chi connectivity index (χ4v) is 3.59. The summed E-state index contributed by atoms with van der Waals surface area (Å²) in [7, 11) is 3.53. The Bertz CT molecular complexity index is 582. The van der Waals surface area contributed by atoms with E-state index in [0.29, 0.717) is 11.0 Å². The van der Waals surface area contributed by atoms with Crippen LogP contribution in [0.15, 0.2) is 23.2 Å². The van der Waals surface area contributed by atoms with Crippen molar-refractivity contribution in [2.75, 3.05) is 27.3 Å². The smallest absolute Gasteiger partial charge is 0.191 e. The highest BCUT2D eigenvalue weighted by Gasteiger charge is 2.33. The van der Waals surface area contributed by atoms with Crippen LogP contribution in [0.2, 0.25) is 0 Å². The Balaban J connectivity index is 1.94. The van der Waals surface area contributed by atoms with Gasteiger partial charge in [0.25, 0.3) is 0 Å². The molecule has 1 atom stereocenters. The molecular weight excluding hydrogens is 317 g/mol. The van der Waals surface area contributed by atoms with Crippen LogP contribution in [0.25, 0.3) is 0 Å². The average molecular weight is 349 g/mol. The number of guanidine groups is 1. The first kappa shape index (κ1) is 19.7. The van der Waals surface area contributed by atoms with Gasteiger partial charge in [-0.1, -0.05) is 25.0 Å². The van der Waals surface area contributed by atoms with E-state index in [-0.39, 0.29) is 11.9 Å². The Kier molecular flexibility index (Phi) is 7.24. The topological polar surface area (TPSA) is 45.7 Å². The summed E-state index contributed by atoms with van der Waals surface area (Å²) in [5.74, 6) is 0.593. The van der Waals surface area contributed by atoms with Crippen molar-refractivity contribution in [3.05, 3.63) is 35.1 Å². The Morgan fingerprint density at radius 3 is 2.68 bits per heavy atom. The van der Waals surface area contributed by atoms with E-state index in [1.165, 1.54) is 25.7 Å². The van der Waals surface area contributed by atoms with Crippen LogP contribution in [-0.2, 0) is 4.74 Å². The zero-order valence-corrected chi connectivity index (χ0v) is 16.0. The lowest BCUT2D eigenvalue weighted by atomic mass is 9.83. The summed E-state index contributed by atoms with van der Waals surface area (Å²) in [5.41, 5.74) is 1.88. The molecule has 5 heteroatoms. The molecule has 1 saturated carbocycles.